The highest BCUT2D eigenvalue weighted by Crippen LogP contribution is 2.38. The molecule has 21 heavy (non-hydrogen) atoms. The first-order chi connectivity index (χ1) is 9.47. The molecule has 1 aliphatic rings. The van der Waals surface area contributed by atoms with Crippen molar-refractivity contribution in [1.82, 2.24) is 9.62 Å². The molecular formula is C15H30N2O3S. The molecular weight excluding hydrogens is 288 g/mol. The van der Waals surface area contributed by atoms with Gasteiger partial charge in [-0.3, -0.25) is 0 Å². The Morgan fingerprint density at radius 1 is 1.38 bits per heavy atom. The maximum Gasteiger partial charge on any atom is 0.407 e. The molecule has 5 nitrogen and oxygen atoms in total. The maximum absolute atomic E-state index is 12.2. The number of carboxylic acid groups (broad SMARTS) is 1. The summed E-state index contributed by atoms with van der Waals surface area (Å²) in [6.07, 6.45) is 0.991. The number of hydrogen-bond acceptors (Lipinski definition) is 3. The summed E-state index contributed by atoms with van der Waals surface area (Å²) in [5, 5.41) is 8.93. The van der Waals surface area contributed by atoms with Gasteiger partial charge in [0.05, 0.1) is 6.04 Å². The van der Waals surface area contributed by atoms with Gasteiger partial charge in [0.2, 0.25) is 0 Å². The zero-order chi connectivity index (χ0) is 16.4. The lowest BCUT2D eigenvalue weighted by molar-refractivity contribution is 0.0143. The molecule has 1 saturated heterocycles. The van der Waals surface area contributed by atoms with Crippen LogP contribution in [-0.4, -0.2) is 44.5 Å². The highest BCUT2D eigenvalue weighted by atomic mass is 32.2. The molecule has 0 aromatic heterocycles. The molecule has 1 amide bonds. The lowest BCUT2D eigenvalue weighted by Gasteiger charge is -2.47. The monoisotopic (exact) mass is 318 g/mol. The molecule has 0 spiro atoms. The third-order valence-electron chi connectivity index (χ3n) is 4.35. The quantitative estimate of drug-likeness (QED) is 0.738. The fourth-order valence-corrected chi connectivity index (χ4v) is 3.43. The van der Waals surface area contributed by atoms with Crippen LogP contribution in [0.25, 0.3) is 0 Å². The highest BCUT2D eigenvalue weighted by Gasteiger charge is 2.42. The molecule has 2 atom stereocenters. The minimum absolute atomic E-state index is 0.0434. The maximum atomic E-state index is 12.2. The van der Waals surface area contributed by atoms with Gasteiger partial charge in [0.25, 0.3) is 0 Å². The predicted octanol–water partition coefficient (Wildman–Crippen LogP) is 2.84. The van der Waals surface area contributed by atoms with E-state index in [9.17, 15) is 9.35 Å². The molecule has 0 aromatic carbocycles. The molecule has 0 aliphatic carbocycles. The first-order valence-electron chi connectivity index (χ1n) is 7.63. The van der Waals surface area contributed by atoms with Crippen molar-refractivity contribution in [1.29, 1.82) is 0 Å². The van der Waals surface area contributed by atoms with Gasteiger partial charge in [-0.1, -0.05) is 20.8 Å². The topological polar surface area (TPSA) is 75.6 Å². The molecule has 124 valence electrons. The van der Waals surface area contributed by atoms with E-state index in [2.05, 4.69) is 25.5 Å². The Kier molecular flexibility index (Phi) is 5.98. The zero-order valence-electron chi connectivity index (χ0n) is 14.1. The number of hydrogen-bond donors (Lipinski definition) is 2. The van der Waals surface area contributed by atoms with Crippen molar-refractivity contribution in [3.63, 3.8) is 0 Å². The molecule has 0 radical (unpaired) electrons. The summed E-state index contributed by atoms with van der Waals surface area (Å²) in [6.45, 7) is 13.6. The zero-order valence-corrected chi connectivity index (χ0v) is 14.9. The summed E-state index contributed by atoms with van der Waals surface area (Å²) in [6, 6.07) is 0.193. The van der Waals surface area contributed by atoms with Crippen molar-refractivity contribution in [3.05, 3.63) is 0 Å². The van der Waals surface area contributed by atoms with Gasteiger partial charge in [-0.15, -0.1) is 4.72 Å². The van der Waals surface area contributed by atoms with Crippen molar-refractivity contribution in [2.45, 2.75) is 65.2 Å². The third kappa shape index (κ3) is 5.04. The molecule has 1 rings (SSSR count). The van der Waals surface area contributed by atoms with Crippen LogP contribution in [0.5, 0.6) is 0 Å². The van der Waals surface area contributed by atoms with Crippen LogP contribution >= 0.6 is 0 Å². The number of amides is 1. The van der Waals surface area contributed by atoms with Crippen molar-refractivity contribution in [2.75, 3.05) is 13.1 Å². The largest absolute Gasteiger partial charge is 0.598 e. The Hall–Kier alpha value is -0.460. The van der Waals surface area contributed by atoms with Gasteiger partial charge in [-0.05, 0) is 44.9 Å². The Bertz CT molecular complexity index is 362. The van der Waals surface area contributed by atoms with Crippen LogP contribution in [-0.2, 0) is 11.4 Å². The van der Waals surface area contributed by atoms with Gasteiger partial charge < -0.3 is 14.6 Å². The Balaban J connectivity index is 2.54. The minimum Gasteiger partial charge on any atom is -0.598 e. The molecule has 1 unspecified atom stereocenters. The van der Waals surface area contributed by atoms with E-state index in [1.165, 1.54) is 4.90 Å². The molecule has 1 aliphatic heterocycles. The van der Waals surface area contributed by atoms with E-state index in [0.717, 1.165) is 12.8 Å². The van der Waals surface area contributed by atoms with Crippen LogP contribution in [0.4, 0.5) is 4.79 Å². The Labute approximate surface area is 131 Å². The number of rotatable bonds is 6. The van der Waals surface area contributed by atoms with E-state index < -0.39 is 17.5 Å². The molecule has 1 fully saturated rings. The molecule has 2 N–H and O–H groups in total. The van der Waals surface area contributed by atoms with Crippen LogP contribution in [0.15, 0.2) is 0 Å². The van der Waals surface area contributed by atoms with Crippen LogP contribution < -0.4 is 4.72 Å². The average Bonchev–Trinajstić information content (AvgIpc) is 2.22. The molecule has 1 heterocycles. The summed E-state index contributed by atoms with van der Waals surface area (Å²) < 4.78 is 15.2. The summed E-state index contributed by atoms with van der Waals surface area (Å²) >= 11 is -1.07. The molecule has 0 bridgehead atoms. The van der Waals surface area contributed by atoms with E-state index in [-0.39, 0.29) is 16.2 Å². The SMILES string of the molecule is CC[C@@H](CC(C)(C)C1CN(C(=O)O)C1)N[S+]([O-])C(C)(C)C. The Morgan fingerprint density at radius 3 is 2.29 bits per heavy atom. The van der Waals surface area contributed by atoms with Crippen molar-refractivity contribution < 1.29 is 14.5 Å². The van der Waals surface area contributed by atoms with E-state index in [4.69, 9.17) is 5.11 Å². The van der Waals surface area contributed by atoms with E-state index in [1.54, 1.807) is 0 Å². The normalized spacial score (nSPS) is 20.0. The summed E-state index contributed by atoms with van der Waals surface area (Å²) in [7, 11) is 0. The van der Waals surface area contributed by atoms with Gasteiger partial charge in [0.1, 0.15) is 4.75 Å². The number of nitrogens with one attached hydrogen (secondary N) is 1. The van der Waals surface area contributed by atoms with E-state index in [0.29, 0.717) is 19.0 Å². The fraction of sp³-hybridized carbons (Fsp3) is 0.933. The predicted molar refractivity (Wildman–Crippen MR) is 86.6 cm³/mol. The fourth-order valence-electron chi connectivity index (χ4n) is 2.53. The second-order valence-corrected chi connectivity index (χ2v) is 9.68. The van der Waals surface area contributed by atoms with Crippen molar-refractivity contribution in [3.8, 4) is 0 Å². The molecule has 0 saturated carbocycles. The second-order valence-electron chi connectivity index (χ2n) is 7.68. The summed E-state index contributed by atoms with van der Waals surface area (Å²) in [5.74, 6) is 0.382. The third-order valence-corrected chi connectivity index (χ3v) is 6.01. The van der Waals surface area contributed by atoms with Gasteiger partial charge in [-0.25, -0.2) is 4.79 Å². The second kappa shape index (κ2) is 6.75. The standard InChI is InChI=1S/C15H30N2O3S/c1-7-12(16-21(20)14(2,3)4)8-15(5,6)11-9-17(10-11)13(18)19/h11-12,16H,7-10H2,1-6H3,(H,18,19)/t12-,21?/m0/s1. The van der Waals surface area contributed by atoms with Crippen molar-refractivity contribution in [2.24, 2.45) is 11.3 Å². The summed E-state index contributed by atoms with van der Waals surface area (Å²) in [5.41, 5.74) is 0.0434. The molecule has 0 aromatic rings. The summed E-state index contributed by atoms with van der Waals surface area (Å²) in [4.78, 5) is 12.3. The highest BCUT2D eigenvalue weighted by molar-refractivity contribution is 7.90. The van der Waals surface area contributed by atoms with Gasteiger partial charge >= 0.3 is 6.09 Å². The van der Waals surface area contributed by atoms with Gasteiger partial charge in [0.15, 0.2) is 0 Å². The minimum atomic E-state index is -1.07. The van der Waals surface area contributed by atoms with Crippen LogP contribution in [0, 0.1) is 11.3 Å². The van der Waals surface area contributed by atoms with Gasteiger partial charge in [-0.2, -0.15) is 0 Å². The van der Waals surface area contributed by atoms with Crippen LogP contribution in [0.3, 0.4) is 0 Å². The number of likely N-dealkylation sites (tertiary alicyclic amines) is 1. The lowest BCUT2D eigenvalue weighted by atomic mass is 9.70. The van der Waals surface area contributed by atoms with Crippen molar-refractivity contribution >= 4 is 17.5 Å². The lowest BCUT2D eigenvalue weighted by Crippen LogP contribution is -2.56. The molecule has 6 heteroatoms. The first kappa shape index (κ1) is 18.6. The van der Waals surface area contributed by atoms with E-state index in [1.807, 2.05) is 20.8 Å². The van der Waals surface area contributed by atoms with Crippen LogP contribution in [0.1, 0.15) is 54.4 Å². The van der Waals surface area contributed by atoms with Gasteiger partial charge in [0, 0.05) is 24.5 Å². The first-order valence-corrected chi connectivity index (χ1v) is 8.78. The van der Waals surface area contributed by atoms with Crippen LogP contribution in [0.2, 0.25) is 0 Å². The number of carbonyl (C=O) groups is 1. The Morgan fingerprint density at radius 2 is 1.90 bits per heavy atom. The average molecular weight is 318 g/mol. The van der Waals surface area contributed by atoms with E-state index >= 15 is 0 Å². The number of nitrogens with zero attached hydrogens (tertiary/aromatic N) is 1. The smallest absolute Gasteiger partial charge is 0.407 e.